The Labute approximate surface area is 408 Å². The summed E-state index contributed by atoms with van der Waals surface area (Å²) in [4.78, 5) is 3.79. The standard InChI is InChI=1S/C66H46N4/c1-41-9-17-45(18-10-41)49-25-29-61-57(34-49)58-35-50(46-19-11-42(2)12-20-46)26-30-62(58)69(61)65-38-54(40-67)56(53-7-6-8-55(33-53)68-5)39-66(65)70-63-31-27-51(47-21-13-43(3)14-22-47)36-59(63)60-37-52(28-32-64(60)70)48-23-15-44(4)16-24-48/h6-39H,1-4H3. The van der Waals surface area contributed by atoms with Crippen molar-refractivity contribution in [3.05, 3.63) is 245 Å². The second-order valence-electron chi connectivity index (χ2n) is 18.7. The Hall–Kier alpha value is -9.22. The normalized spacial score (nSPS) is 11.4. The molecule has 0 bridgehead atoms. The number of rotatable bonds is 7. The Morgan fingerprint density at radius 2 is 0.686 bits per heavy atom. The molecule has 0 radical (unpaired) electrons. The molecule has 12 rings (SSSR count). The van der Waals surface area contributed by atoms with Crippen LogP contribution in [0.4, 0.5) is 5.69 Å². The van der Waals surface area contributed by atoms with Gasteiger partial charge in [-0.25, -0.2) is 4.85 Å². The van der Waals surface area contributed by atoms with Crippen LogP contribution >= 0.6 is 0 Å². The van der Waals surface area contributed by atoms with Gasteiger partial charge < -0.3 is 9.13 Å². The number of hydrogen-bond acceptors (Lipinski definition) is 1. The van der Waals surface area contributed by atoms with Crippen molar-refractivity contribution in [1.29, 1.82) is 5.26 Å². The first-order chi connectivity index (χ1) is 34.2. The highest BCUT2D eigenvalue weighted by Crippen LogP contribution is 2.44. The largest absolute Gasteiger partial charge is 0.307 e. The number of fused-ring (bicyclic) bond motifs is 6. The molecule has 0 amide bonds. The highest BCUT2D eigenvalue weighted by Gasteiger charge is 2.24. The molecule has 2 heterocycles. The van der Waals surface area contributed by atoms with E-state index >= 15 is 0 Å². The third kappa shape index (κ3) is 7.23. The molecule has 330 valence electrons. The molecule has 0 unspecified atom stereocenters. The molecule has 0 fully saturated rings. The number of hydrogen-bond donors (Lipinski definition) is 0. The molecule has 2 aromatic heterocycles. The van der Waals surface area contributed by atoms with Gasteiger partial charge in [-0.15, -0.1) is 0 Å². The summed E-state index contributed by atoms with van der Waals surface area (Å²) in [5.41, 5.74) is 22.6. The zero-order valence-corrected chi connectivity index (χ0v) is 39.4. The van der Waals surface area contributed by atoms with Crippen LogP contribution in [0.1, 0.15) is 27.8 Å². The third-order valence-corrected chi connectivity index (χ3v) is 14.1. The Balaban J connectivity index is 1.20. The van der Waals surface area contributed by atoms with Crippen molar-refractivity contribution < 1.29 is 0 Å². The molecule has 0 N–H and O–H groups in total. The van der Waals surface area contributed by atoms with Gasteiger partial charge in [0.25, 0.3) is 0 Å². The van der Waals surface area contributed by atoms with Crippen molar-refractivity contribution in [3.8, 4) is 73.1 Å². The summed E-state index contributed by atoms with van der Waals surface area (Å²) in [5.74, 6) is 0. The molecular weight excluding hydrogens is 849 g/mol. The molecular formula is C66H46N4. The maximum atomic E-state index is 11.2. The van der Waals surface area contributed by atoms with Crippen LogP contribution in [0.2, 0.25) is 0 Å². The number of aromatic nitrogens is 2. The van der Waals surface area contributed by atoms with E-state index in [9.17, 15) is 5.26 Å². The third-order valence-electron chi connectivity index (χ3n) is 14.1. The number of nitrogens with zero attached hydrogens (tertiary/aromatic N) is 4. The lowest BCUT2D eigenvalue weighted by molar-refractivity contribution is 1.09. The fraction of sp³-hybridized carbons (Fsp3) is 0.0606. The first-order valence-corrected chi connectivity index (χ1v) is 23.7. The first-order valence-electron chi connectivity index (χ1n) is 23.7. The van der Waals surface area contributed by atoms with Gasteiger partial charge in [-0.3, -0.25) is 0 Å². The van der Waals surface area contributed by atoms with E-state index in [0.717, 1.165) is 111 Å². The Morgan fingerprint density at radius 3 is 1.01 bits per heavy atom. The quantitative estimate of drug-likeness (QED) is 0.147. The summed E-state index contributed by atoms with van der Waals surface area (Å²) < 4.78 is 4.75. The molecule has 0 atom stereocenters. The molecule has 0 aliphatic heterocycles. The SMILES string of the molecule is [C-]#[N+]c1cccc(-c2cc(-n3c4ccc(-c5ccc(C)cc5)cc4c4cc(-c5ccc(C)cc5)ccc43)c(-n3c4ccc(-c5ccc(C)cc5)cc4c4cc(-c5ccc(C)cc5)ccc43)cc2C#N)c1. The summed E-state index contributed by atoms with van der Waals surface area (Å²) in [6.07, 6.45) is 0. The molecule has 4 heteroatoms. The zero-order valence-electron chi connectivity index (χ0n) is 39.4. The molecule has 10 aromatic carbocycles. The number of benzene rings is 10. The van der Waals surface area contributed by atoms with Crippen LogP contribution < -0.4 is 0 Å². The van der Waals surface area contributed by atoms with Crippen molar-refractivity contribution in [2.75, 3.05) is 0 Å². The lowest BCUT2D eigenvalue weighted by Crippen LogP contribution is -2.05. The lowest BCUT2D eigenvalue weighted by Gasteiger charge is -2.20. The molecule has 0 aliphatic carbocycles. The van der Waals surface area contributed by atoms with Gasteiger partial charge in [0.05, 0.1) is 51.6 Å². The Bertz CT molecular complexity index is 3930. The maximum absolute atomic E-state index is 11.2. The molecule has 0 saturated carbocycles. The van der Waals surface area contributed by atoms with Gasteiger partial charge in [0.1, 0.15) is 0 Å². The summed E-state index contributed by atoms with van der Waals surface area (Å²) in [7, 11) is 0. The molecule has 0 saturated heterocycles. The van der Waals surface area contributed by atoms with E-state index in [0.29, 0.717) is 11.3 Å². The van der Waals surface area contributed by atoms with E-state index in [1.54, 1.807) is 0 Å². The van der Waals surface area contributed by atoms with Crippen LogP contribution in [-0.2, 0) is 0 Å². The Morgan fingerprint density at radius 1 is 0.357 bits per heavy atom. The highest BCUT2D eigenvalue weighted by molar-refractivity contribution is 6.14. The van der Waals surface area contributed by atoms with Crippen molar-refractivity contribution in [2.24, 2.45) is 0 Å². The second-order valence-corrected chi connectivity index (χ2v) is 18.7. The van der Waals surface area contributed by atoms with E-state index < -0.39 is 0 Å². The number of aryl methyl sites for hydroxylation is 4. The van der Waals surface area contributed by atoms with E-state index in [1.807, 2.05) is 24.3 Å². The maximum Gasteiger partial charge on any atom is 0.187 e. The second kappa shape index (κ2) is 16.8. The van der Waals surface area contributed by atoms with E-state index in [4.69, 9.17) is 6.57 Å². The van der Waals surface area contributed by atoms with Gasteiger partial charge >= 0.3 is 0 Å². The van der Waals surface area contributed by atoms with Crippen molar-refractivity contribution >= 4 is 49.3 Å². The van der Waals surface area contributed by atoms with Crippen LogP contribution in [0, 0.1) is 45.6 Å². The molecule has 0 aliphatic rings. The van der Waals surface area contributed by atoms with Crippen molar-refractivity contribution in [3.63, 3.8) is 0 Å². The molecule has 4 nitrogen and oxygen atoms in total. The smallest absolute Gasteiger partial charge is 0.187 e. The summed E-state index contributed by atoms with van der Waals surface area (Å²) in [5, 5.41) is 15.7. The predicted octanol–water partition coefficient (Wildman–Crippen LogP) is 17.9. The van der Waals surface area contributed by atoms with Crippen LogP contribution in [0.5, 0.6) is 0 Å². The van der Waals surface area contributed by atoms with E-state index in [1.165, 1.54) is 22.3 Å². The van der Waals surface area contributed by atoms with E-state index in [-0.39, 0.29) is 0 Å². The molecule has 0 spiro atoms. The highest BCUT2D eigenvalue weighted by atomic mass is 15.1. The van der Waals surface area contributed by atoms with Gasteiger partial charge in [0, 0.05) is 27.1 Å². The average molecular weight is 895 g/mol. The Kier molecular flexibility index (Phi) is 10.1. The van der Waals surface area contributed by atoms with Crippen LogP contribution in [0.15, 0.2) is 206 Å². The van der Waals surface area contributed by atoms with Gasteiger partial charge in [-0.05, 0) is 144 Å². The molecule has 12 aromatic rings. The van der Waals surface area contributed by atoms with Gasteiger partial charge in [-0.1, -0.05) is 162 Å². The minimum Gasteiger partial charge on any atom is -0.307 e. The van der Waals surface area contributed by atoms with Crippen LogP contribution in [-0.4, -0.2) is 9.13 Å². The fourth-order valence-electron chi connectivity index (χ4n) is 10.3. The van der Waals surface area contributed by atoms with Gasteiger partial charge in [0.2, 0.25) is 0 Å². The topological polar surface area (TPSA) is 38.0 Å². The summed E-state index contributed by atoms with van der Waals surface area (Å²) in [6, 6.07) is 76.6. The van der Waals surface area contributed by atoms with Crippen LogP contribution in [0.3, 0.4) is 0 Å². The monoisotopic (exact) mass is 894 g/mol. The average Bonchev–Trinajstić information content (AvgIpc) is 3.90. The van der Waals surface area contributed by atoms with Crippen molar-refractivity contribution in [1.82, 2.24) is 9.13 Å². The summed E-state index contributed by atoms with van der Waals surface area (Å²) >= 11 is 0. The van der Waals surface area contributed by atoms with Crippen molar-refractivity contribution in [2.45, 2.75) is 27.7 Å². The van der Waals surface area contributed by atoms with Gasteiger partial charge in [0.15, 0.2) is 5.69 Å². The van der Waals surface area contributed by atoms with Crippen LogP contribution in [0.25, 0.3) is 115 Å². The molecule has 70 heavy (non-hydrogen) atoms. The van der Waals surface area contributed by atoms with E-state index in [2.05, 4.69) is 230 Å². The zero-order chi connectivity index (χ0) is 47.6. The minimum absolute atomic E-state index is 0.521. The lowest BCUT2D eigenvalue weighted by atomic mass is 9.97. The fourth-order valence-corrected chi connectivity index (χ4v) is 10.3. The predicted molar refractivity (Wildman–Crippen MR) is 292 cm³/mol. The minimum atomic E-state index is 0.521. The first kappa shape index (κ1) is 42.2. The number of nitriles is 1. The van der Waals surface area contributed by atoms with Gasteiger partial charge in [-0.2, -0.15) is 5.26 Å². The summed E-state index contributed by atoms with van der Waals surface area (Å²) in [6.45, 7) is 16.4.